The molecular formula is C28H46S2Si. The van der Waals surface area contributed by atoms with Gasteiger partial charge < -0.3 is 0 Å². The second-order valence-corrected chi connectivity index (χ2v) is 16.8. The first-order valence-electron chi connectivity index (χ1n) is 13.3. The molecule has 1 unspecified atom stereocenters. The third-order valence-corrected chi connectivity index (χ3v) is 15.5. The second kappa shape index (κ2) is 12.2. The highest BCUT2D eigenvalue weighted by molar-refractivity contribution is 7.29. The molecule has 0 radical (unpaired) electrons. The monoisotopic (exact) mass is 474 g/mol. The number of rotatable bonds is 15. The molecule has 0 aliphatic carbocycles. The third-order valence-electron chi connectivity index (χ3n) is 7.59. The fourth-order valence-corrected chi connectivity index (χ4v) is 15.6. The van der Waals surface area contributed by atoms with Gasteiger partial charge in [-0.1, -0.05) is 97.8 Å². The molecule has 3 heteroatoms. The van der Waals surface area contributed by atoms with Gasteiger partial charge in [0, 0.05) is 19.5 Å². The van der Waals surface area contributed by atoms with Crippen LogP contribution in [0, 0.1) is 19.8 Å². The molecule has 0 saturated heterocycles. The molecule has 0 spiro atoms. The number of fused-ring (bicyclic) bond motifs is 3. The molecule has 0 bridgehead atoms. The summed E-state index contributed by atoms with van der Waals surface area (Å²) >= 11 is 4.18. The van der Waals surface area contributed by atoms with Crippen LogP contribution in [0.5, 0.6) is 0 Å². The molecule has 0 amide bonds. The van der Waals surface area contributed by atoms with Crippen LogP contribution in [-0.2, 0) is 0 Å². The van der Waals surface area contributed by atoms with E-state index in [4.69, 9.17) is 0 Å². The van der Waals surface area contributed by atoms with Gasteiger partial charge in [-0.15, -0.1) is 22.7 Å². The predicted octanol–water partition coefficient (Wildman–Crippen LogP) is 9.33. The van der Waals surface area contributed by atoms with E-state index < -0.39 is 8.07 Å². The zero-order valence-corrected chi connectivity index (χ0v) is 23.6. The summed E-state index contributed by atoms with van der Waals surface area (Å²) in [6, 6.07) is 8.26. The van der Waals surface area contributed by atoms with Crippen LogP contribution in [0.2, 0.25) is 12.1 Å². The van der Waals surface area contributed by atoms with Gasteiger partial charge >= 0.3 is 0 Å². The highest BCUT2D eigenvalue weighted by atomic mass is 32.1. The topological polar surface area (TPSA) is 0 Å². The summed E-state index contributed by atoms with van der Waals surface area (Å²) < 4.78 is 0. The molecule has 1 aliphatic heterocycles. The zero-order chi connectivity index (χ0) is 22.3. The van der Waals surface area contributed by atoms with Crippen molar-refractivity contribution >= 4 is 41.1 Å². The lowest BCUT2D eigenvalue weighted by atomic mass is 10.0. The van der Waals surface area contributed by atoms with Crippen LogP contribution < -0.4 is 10.4 Å². The Balaban J connectivity index is 1.78. The first-order valence-corrected chi connectivity index (χ1v) is 17.3. The van der Waals surface area contributed by atoms with E-state index in [1.54, 1.807) is 9.75 Å². The Morgan fingerprint density at radius 3 is 1.74 bits per heavy atom. The van der Waals surface area contributed by atoms with E-state index in [2.05, 4.69) is 69.4 Å². The summed E-state index contributed by atoms with van der Waals surface area (Å²) in [6.07, 6.45) is 17.0. The summed E-state index contributed by atoms with van der Waals surface area (Å²) in [6.45, 7) is 11.8. The maximum atomic E-state index is 2.63. The molecule has 0 aromatic carbocycles. The van der Waals surface area contributed by atoms with Gasteiger partial charge in [0.05, 0.1) is 0 Å². The van der Waals surface area contributed by atoms with Crippen LogP contribution in [0.25, 0.3) is 9.75 Å². The summed E-state index contributed by atoms with van der Waals surface area (Å²) in [5.41, 5.74) is 0. The Kier molecular flexibility index (Phi) is 9.92. The van der Waals surface area contributed by atoms with Gasteiger partial charge in [-0.25, -0.2) is 0 Å². The fraction of sp³-hybridized carbons (Fsp3) is 0.714. The minimum Gasteiger partial charge on any atom is -0.140 e. The molecule has 3 heterocycles. The smallest absolute Gasteiger partial charge is 0.122 e. The van der Waals surface area contributed by atoms with Crippen LogP contribution in [0.1, 0.15) is 108 Å². The van der Waals surface area contributed by atoms with Crippen molar-refractivity contribution in [3.8, 4) is 9.75 Å². The predicted molar refractivity (Wildman–Crippen MR) is 148 cm³/mol. The van der Waals surface area contributed by atoms with Gasteiger partial charge in [0.25, 0.3) is 0 Å². The van der Waals surface area contributed by atoms with Crippen LogP contribution in [0.15, 0.2) is 12.1 Å². The lowest BCUT2D eigenvalue weighted by Gasteiger charge is -2.33. The van der Waals surface area contributed by atoms with E-state index in [1.807, 2.05) is 10.4 Å². The van der Waals surface area contributed by atoms with Gasteiger partial charge in [-0.05, 0) is 54.4 Å². The van der Waals surface area contributed by atoms with Gasteiger partial charge in [-0.3, -0.25) is 0 Å². The summed E-state index contributed by atoms with van der Waals surface area (Å²) in [7, 11) is -1.63. The quantitative estimate of drug-likeness (QED) is 0.178. The minimum absolute atomic E-state index is 0.917. The van der Waals surface area contributed by atoms with Crippen molar-refractivity contribution in [3.63, 3.8) is 0 Å². The lowest BCUT2D eigenvalue weighted by molar-refractivity contribution is 0.486. The van der Waals surface area contributed by atoms with E-state index in [9.17, 15) is 0 Å². The fourth-order valence-electron chi connectivity index (χ4n) is 5.81. The maximum absolute atomic E-state index is 2.63. The van der Waals surface area contributed by atoms with E-state index in [-0.39, 0.29) is 0 Å². The average Bonchev–Trinajstić information content (AvgIpc) is 3.39. The van der Waals surface area contributed by atoms with Gasteiger partial charge in [0.2, 0.25) is 0 Å². The maximum Gasteiger partial charge on any atom is 0.122 e. The Morgan fingerprint density at radius 2 is 1.23 bits per heavy atom. The Labute approximate surface area is 201 Å². The first-order chi connectivity index (χ1) is 15.1. The Morgan fingerprint density at radius 1 is 0.710 bits per heavy atom. The first kappa shape index (κ1) is 25.2. The molecule has 0 nitrogen and oxygen atoms in total. The van der Waals surface area contributed by atoms with Crippen molar-refractivity contribution in [2.45, 2.75) is 124 Å². The number of thiophene rings is 2. The molecule has 3 rings (SSSR count). The third kappa shape index (κ3) is 5.95. The van der Waals surface area contributed by atoms with Crippen LogP contribution in [0.4, 0.5) is 0 Å². The van der Waals surface area contributed by atoms with Gasteiger partial charge in [-0.2, -0.15) is 0 Å². The SMILES string of the molecule is CCCCCCCCCC[Si]1(CC(CC)CCCC)c2cc(C)sc2-c2sc(C)cc21. The molecule has 174 valence electrons. The molecule has 31 heavy (non-hydrogen) atoms. The van der Waals surface area contributed by atoms with E-state index >= 15 is 0 Å². The normalized spacial score (nSPS) is 15.3. The van der Waals surface area contributed by atoms with Crippen molar-refractivity contribution < 1.29 is 0 Å². The van der Waals surface area contributed by atoms with E-state index in [0.29, 0.717) is 0 Å². The minimum atomic E-state index is -1.63. The summed E-state index contributed by atoms with van der Waals surface area (Å²) in [5, 5.41) is 3.68. The second-order valence-electron chi connectivity index (χ2n) is 10.1. The van der Waals surface area contributed by atoms with Crippen LogP contribution >= 0.6 is 22.7 Å². The van der Waals surface area contributed by atoms with Crippen molar-refractivity contribution in [2.24, 2.45) is 5.92 Å². The molecule has 2 aromatic heterocycles. The van der Waals surface area contributed by atoms with Gasteiger partial charge in [0.15, 0.2) is 0 Å². The lowest BCUT2D eigenvalue weighted by Crippen LogP contribution is -2.55. The number of aryl methyl sites for hydroxylation is 2. The van der Waals surface area contributed by atoms with Gasteiger partial charge in [0.1, 0.15) is 8.07 Å². The molecule has 0 N–H and O–H groups in total. The Bertz CT molecular complexity index is 754. The average molecular weight is 475 g/mol. The summed E-state index contributed by atoms with van der Waals surface area (Å²) in [4.78, 5) is 6.44. The number of hydrogen-bond acceptors (Lipinski definition) is 2. The van der Waals surface area contributed by atoms with Crippen molar-refractivity contribution in [2.75, 3.05) is 0 Å². The Hall–Kier alpha value is -0.383. The molecular weight excluding hydrogens is 429 g/mol. The molecule has 2 aromatic rings. The zero-order valence-electron chi connectivity index (χ0n) is 20.9. The van der Waals surface area contributed by atoms with Crippen molar-refractivity contribution in [1.82, 2.24) is 0 Å². The summed E-state index contributed by atoms with van der Waals surface area (Å²) in [5.74, 6) is 0.917. The highest BCUT2D eigenvalue weighted by Crippen LogP contribution is 2.44. The molecule has 1 atom stereocenters. The molecule has 0 fully saturated rings. The number of unbranched alkanes of at least 4 members (excludes halogenated alkanes) is 8. The molecule has 0 saturated carbocycles. The number of hydrogen-bond donors (Lipinski definition) is 0. The van der Waals surface area contributed by atoms with Crippen LogP contribution in [0.3, 0.4) is 0 Å². The standard InChI is InChI=1S/C28H46S2Si/c1-6-9-11-12-13-14-15-16-18-31(21-24(8-3)17-10-7-2)25-19-22(4)29-27(25)28-26(31)20-23(5)30-28/h19-20,24H,6-18,21H2,1-5H3. The van der Waals surface area contributed by atoms with E-state index in [1.165, 1.54) is 98.9 Å². The van der Waals surface area contributed by atoms with Crippen LogP contribution in [-0.4, -0.2) is 8.07 Å². The van der Waals surface area contributed by atoms with Crippen molar-refractivity contribution in [3.05, 3.63) is 21.9 Å². The largest absolute Gasteiger partial charge is 0.140 e. The van der Waals surface area contributed by atoms with E-state index in [0.717, 1.165) is 5.92 Å². The van der Waals surface area contributed by atoms with Crippen molar-refractivity contribution in [1.29, 1.82) is 0 Å². The highest BCUT2D eigenvalue weighted by Gasteiger charge is 2.48. The molecule has 1 aliphatic rings.